The van der Waals surface area contributed by atoms with Crippen molar-refractivity contribution in [1.29, 1.82) is 5.26 Å². The molecule has 104 valence electrons. The van der Waals surface area contributed by atoms with E-state index in [9.17, 15) is 4.79 Å². The summed E-state index contributed by atoms with van der Waals surface area (Å²) in [5.74, 6) is 1.48. The van der Waals surface area contributed by atoms with Crippen LogP contribution in [0.1, 0.15) is 21.5 Å². The van der Waals surface area contributed by atoms with Crippen molar-refractivity contribution in [3.8, 4) is 23.3 Å². The van der Waals surface area contributed by atoms with Gasteiger partial charge < -0.3 is 14.2 Å². The van der Waals surface area contributed by atoms with Crippen molar-refractivity contribution in [2.24, 2.45) is 0 Å². The van der Waals surface area contributed by atoms with E-state index in [4.69, 9.17) is 19.5 Å². The number of nitrogens with zero attached hydrogens (tertiary/aromatic N) is 1. The molecule has 0 spiro atoms. The van der Waals surface area contributed by atoms with Crippen LogP contribution in [0.3, 0.4) is 0 Å². The normalized spacial score (nSPS) is 11.8. The minimum absolute atomic E-state index is 0.133. The van der Waals surface area contributed by atoms with Crippen LogP contribution in [0.2, 0.25) is 0 Å². The molecule has 0 saturated heterocycles. The molecule has 21 heavy (non-hydrogen) atoms. The molecule has 1 heterocycles. The van der Waals surface area contributed by atoms with E-state index < -0.39 is 0 Å². The number of benzene rings is 2. The first kappa shape index (κ1) is 13.0. The Hall–Kier alpha value is -3.00. The third kappa shape index (κ3) is 2.51. The predicted octanol–water partition coefficient (Wildman–Crippen LogP) is 2.68. The molecular formula is C16H11NO4. The van der Waals surface area contributed by atoms with Gasteiger partial charge in [-0.2, -0.15) is 5.26 Å². The number of nitriles is 1. The molecule has 0 aromatic heterocycles. The van der Waals surface area contributed by atoms with Gasteiger partial charge in [-0.05, 0) is 12.1 Å². The van der Waals surface area contributed by atoms with Crippen molar-refractivity contribution in [2.75, 3.05) is 6.79 Å². The van der Waals surface area contributed by atoms with E-state index in [1.165, 1.54) is 0 Å². The zero-order valence-corrected chi connectivity index (χ0v) is 11.0. The Bertz CT molecular complexity index is 734. The number of carbonyl (C=O) groups is 1. The highest BCUT2D eigenvalue weighted by Gasteiger charge is 2.18. The number of hydrogen-bond donors (Lipinski definition) is 0. The largest absolute Gasteiger partial charge is 0.488 e. The summed E-state index contributed by atoms with van der Waals surface area (Å²) in [6.45, 7) is 0.332. The van der Waals surface area contributed by atoms with Crippen LogP contribution < -0.4 is 14.2 Å². The summed E-state index contributed by atoms with van der Waals surface area (Å²) < 4.78 is 16.1. The van der Waals surface area contributed by atoms with Gasteiger partial charge in [0.2, 0.25) is 6.79 Å². The monoisotopic (exact) mass is 281 g/mol. The quantitative estimate of drug-likeness (QED) is 0.806. The lowest BCUT2D eigenvalue weighted by Crippen LogP contribution is -2.00. The zero-order chi connectivity index (χ0) is 14.7. The van der Waals surface area contributed by atoms with Crippen LogP contribution >= 0.6 is 0 Å². The molecule has 5 nitrogen and oxygen atoms in total. The highest BCUT2D eigenvalue weighted by atomic mass is 16.7. The lowest BCUT2D eigenvalue weighted by molar-refractivity contribution is 0.111. The van der Waals surface area contributed by atoms with Crippen LogP contribution in [-0.2, 0) is 6.61 Å². The van der Waals surface area contributed by atoms with E-state index in [1.54, 1.807) is 24.3 Å². The molecule has 0 N–H and O–H groups in total. The number of ether oxygens (including phenoxy) is 3. The summed E-state index contributed by atoms with van der Waals surface area (Å²) in [5, 5.41) is 9.04. The average Bonchev–Trinajstić information content (AvgIpc) is 2.99. The molecule has 5 heteroatoms. The number of aldehydes is 1. The van der Waals surface area contributed by atoms with Gasteiger partial charge in [0.05, 0.1) is 17.2 Å². The first-order chi connectivity index (χ1) is 10.3. The molecule has 0 radical (unpaired) electrons. The molecule has 3 rings (SSSR count). The van der Waals surface area contributed by atoms with Crippen LogP contribution in [0.5, 0.6) is 17.2 Å². The first-order valence-electron chi connectivity index (χ1n) is 6.31. The smallest absolute Gasteiger partial charge is 0.231 e. The predicted molar refractivity (Wildman–Crippen MR) is 73.4 cm³/mol. The molecule has 0 aliphatic carbocycles. The van der Waals surface area contributed by atoms with E-state index in [0.717, 1.165) is 5.56 Å². The molecule has 2 aromatic rings. The van der Waals surface area contributed by atoms with Crippen molar-refractivity contribution in [1.82, 2.24) is 0 Å². The van der Waals surface area contributed by atoms with Crippen LogP contribution in [0.4, 0.5) is 0 Å². The minimum atomic E-state index is 0.133. The van der Waals surface area contributed by atoms with Crippen molar-refractivity contribution in [3.05, 3.63) is 53.1 Å². The maximum Gasteiger partial charge on any atom is 0.231 e. The fourth-order valence-corrected chi connectivity index (χ4v) is 2.07. The standard InChI is InChI=1S/C16H11NO4/c17-7-11-3-1-2-4-12(11)9-19-14-6-16-15(20-10-21-16)5-13(14)8-18/h1-6,8H,9-10H2. The van der Waals surface area contributed by atoms with E-state index in [1.807, 2.05) is 12.1 Å². The molecule has 0 atom stereocenters. The van der Waals surface area contributed by atoms with Gasteiger partial charge in [-0.15, -0.1) is 0 Å². The fourth-order valence-electron chi connectivity index (χ4n) is 2.07. The van der Waals surface area contributed by atoms with Crippen LogP contribution in [0, 0.1) is 11.3 Å². The molecule has 1 aliphatic rings. The SMILES string of the molecule is N#Cc1ccccc1COc1cc2c(cc1C=O)OCO2. The average molecular weight is 281 g/mol. The molecule has 0 bridgehead atoms. The second-order valence-electron chi connectivity index (χ2n) is 4.42. The summed E-state index contributed by atoms with van der Waals surface area (Å²) in [4.78, 5) is 11.1. The highest BCUT2D eigenvalue weighted by molar-refractivity contribution is 5.81. The lowest BCUT2D eigenvalue weighted by atomic mass is 10.1. The Kier molecular flexibility index (Phi) is 3.44. The zero-order valence-electron chi connectivity index (χ0n) is 11.0. The van der Waals surface area contributed by atoms with Gasteiger partial charge in [0, 0.05) is 11.6 Å². The molecule has 0 saturated carbocycles. The second-order valence-corrected chi connectivity index (χ2v) is 4.42. The van der Waals surface area contributed by atoms with Gasteiger partial charge in [0.1, 0.15) is 12.4 Å². The minimum Gasteiger partial charge on any atom is -0.488 e. The van der Waals surface area contributed by atoms with Gasteiger partial charge in [-0.25, -0.2) is 0 Å². The maximum absolute atomic E-state index is 11.1. The summed E-state index contributed by atoms with van der Waals surface area (Å²) in [6.07, 6.45) is 0.702. The van der Waals surface area contributed by atoms with Gasteiger partial charge >= 0.3 is 0 Å². The molecule has 2 aromatic carbocycles. The van der Waals surface area contributed by atoms with Crippen molar-refractivity contribution in [3.63, 3.8) is 0 Å². The van der Waals surface area contributed by atoms with E-state index >= 15 is 0 Å². The van der Waals surface area contributed by atoms with Gasteiger partial charge in [0.25, 0.3) is 0 Å². The molecule has 0 unspecified atom stereocenters. The first-order valence-corrected chi connectivity index (χ1v) is 6.31. The Balaban J connectivity index is 1.85. The summed E-state index contributed by atoms with van der Waals surface area (Å²) in [6, 6.07) is 12.5. The summed E-state index contributed by atoms with van der Waals surface area (Å²) in [7, 11) is 0. The third-order valence-corrected chi connectivity index (χ3v) is 3.15. The Morgan fingerprint density at radius 2 is 2.00 bits per heavy atom. The summed E-state index contributed by atoms with van der Waals surface area (Å²) >= 11 is 0. The van der Waals surface area contributed by atoms with Crippen LogP contribution in [0.25, 0.3) is 0 Å². The molecule has 0 fully saturated rings. The number of fused-ring (bicyclic) bond motifs is 1. The van der Waals surface area contributed by atoms with Gasteiger partial charge in [-0.3, -0.25) is 4.79 Å². The molecule has 0 amide bonds. The van der Waals surface area contributed by atoms with Crippen molar-refractivity contribution >= 4 is 6.29 Å². The van der Waals surface area contributed by atoms with E-state index in [2.05, 4.69) is 6.07 Å². The maximum atomic E-state index is 11.1. The second kappa shape index (κ2) is 5.55. The van der Waals surface area contributed by atoms with E-state index in [0.29, 0.717) is 34.7 Å². The molecular weight excluding hydrogens is 270 g/mol. The fraction of sp³-hybridized carbons (Fsp3) is 0.125. The molecule has 1 aliphatic heterocycles. The Labute approximate surface area is 121 Å². The number of rotatable bonds is 4. The third-order valence-electron chi connectivity index (χ3n) is 3.15. The summed E-state index contributed by atoms with van der Waals surface area (Å²) in [5.41, 5.74) is 1.69. The van der Waals surface area contributed by atoms with Crippen LogP contribution in [0.15, 0.2) is 36.4 Å². The Morgan fingerprint density at radius 3 is 2.76 bits per heavy atom. The Morgan fingerprint density at radius 1 is 1.24 bits per heavy atom. The van der Waals surface area contributed by atoms with Crippen molar-refractivity contribution < 1.29 is 19.0 Å². The van der Waals surface area contributed by atoms with Crippen molar-refractivity contribution in [2.45, 2.75) is 6.61 Å². The highest BCUT2D eigenvalue weighted by Crippen LogP contribution is 2.37. The topological polar surface area (TPSA) is 68.5 Å². The van der Waals surface area contributed by atoms with Gasteiger partial charge in [0.15, 0.2) is 17.8 Å². The number of hydrogen-bond acceptors (Lipinski definition) is 5. The van der Waals surface area contributed by atoms with E-state index in [-0.39, 0.29) is 13.4 Å². The van der Waals surface area contributed by atoms with Crippen LogP contribution in [-0.4, -0.2) is 13.1 Å². The lowest BCUT2D eigenvalue weighted by Gasteiger charge is -2.10. The van der Waals surface area contributed by atoms with Gasteiger partial charge in [-0.1, -0.05) is 18.2 Å². The number of carbonyl (C=O) groups excluding carboxylic acids is 1.